The molecule has 1 amide bonds. The van der Waals surface area contributed by atoms with Crippen molar-refractivity contribution in [1.82, 2.24) is 9.47 Å². The zero-order valence-corrected chi connectivity index (χ0v) is 20.6. The molecule has 3 aromatic carbocycles. The van der Waals surface area contributed by atoms with Gasteiger partial charge < -0.3 is 14.2 Å². The van der Waals surface area contributed by atoms with Gasteiger partial charge in [-0.05, 0) is 61.9 Å². The Morgan fingerprint density at radius 2 is 1.44 bits per heavy atom. The lowest BCUT2D eigenvalue weighted by atomic mass is 10.0. The van der Waals surface area contributed by atoms with E-state index in [1.165, 1.54) is 33.2 Å². The summed E-state index contributed by atoms with van der Waals surface area (Å²) in [5, 5.41) is 1.24. The first-order chi connectivity index (χ1) is 16.3. The average molecular weight is 455 g/mol. The number of benzene rings is 3. The molecule has 4 nitrogen and oxygen atoms in total. The van der Waals surface area contributed by atoms with Crippen LogP contribution in [0.15, 0.2) is 85.1 Å². The zero-order valence-electron chi connectivity index (χ0n) is 20.6. The van der Waals surface area contributed by atoms with Gasteiger partial charge in [0, 0.05) is 37.2 Å². The normalized spacial score (nSPS) is 11.5. The lowest BCUT2D eigenvalue weighted by molar-refractivity contribution is 0.0254. The van der Waals surface area contributed by atoms with E-state index in [2.05, 4.69) is 90.6 Å². The number of ether oxygens (including phenoxy) is 1. The van der Waals surface area contributed by atoms with Crippen molar-refractivity contribution in [3.8, 4) is 11.1 Å². The SMILES string of the molecule is Cn1cc(CCN(CCc2ccc(-c3ccccc3)cc2)C(=O)OC(C)(C)C)c2ccccc21. The standard InChI is InChI=1S/C30H34N2O2/c1-30(2,3)34-29(33)32(21-19-26-22-31(4)28-13-9-8-12-27(26)28)20-18-23-14-16-25(17-15-23)24-10-6-5-7-11-24/h5-17,22H,18-21H2,1-4H3. The Bertz CT molecular complexity index is 1230. The van der Waals surface area contributed by atoms with Crippen LogP contribution in [0.1, 0.15) is 31.9 Å². The Morgan fingerprint density at radius 1 is 0.824 bits per heavy atom. The maximum atomic E-state index is 13.0. The van der Waals surface area contributed by atoms with Crippen LogP contribution in [0.5, 0.6) is 0 Å². The number of carbonyl (C=O) groups is 1. The van der Waals surface area contributed by atoms with Crippen LogP contribution in [0.2, 0.25) is 0 Å². The summed E-state index contributed by atoms with van der Waals surface area (Å²) < 4.78 is 7.88. The number of fused-ring (bicyclic) bond motifs is 1. The molecule has 0 N–H and O–H groups in total. The monoisotopic (exact) mass is 454 g/mol. The van der Waals surface area contributed by atoms with Crippen molar-refractivity contribution in [3.63, 3.8) is 0 Å². The Kier molecular flexibility index (Phi) is 7.06. The summed E-state index contributed by atoms with van der Waals surface area (Å²) in [5.41, 5.74) is 5.55. The Labute approximate surface area is 202 Å². The van der Waals surface area contributed by atoms with Crippen molar-refractivity contribution in [1.29, 1.82) is 0 Å². The van der Waals surface area contributed by atoms with Gasteiger partial charge in [-0.25, -0.2) is 4.79 Å². The van der Waals surface area contributed by atoms with E-state index in [1.54, 1.807) is 0 Å². The van der Waals surface area contributed by atoms with Crippen LogP contribution in [0, 0.1) is 0 Å². The molecule has 34 heavy (non-hydrogen) atoms. The van der Waals surface area contributed by atoms with Gasteiger partial charge in [0.2, 0.25) is 0 Å². The number of para-hydroxylation sites is 1. The molecule has 0 radical (unpaired) electrons. The molecule has 0 saturated carbocycles. The molecular formula is C30H34N2O2. The molecule has 0 spiro atoms. The zero-order chi connectivity index (χ0) is 24.1. The van der Waals surface area contributed by atoms with Gasteiger partial charge >= 0.3 is 6.09 Å². The second kappa shape index (κ2) is 10.2. The van der Waals surface area contributed by atoms with Gasteiger partial charge in [0.1, 0.15) is 5.60 Å². The van der Waals surface area contributed by atoms with Gasteiger partial charge in [0.25, 0.3) is 0 Å². The van der Waals surface area contributed by atoms with Gasteiger partial charge in [-0.3, -0.25) is 0 Å². The summed E-state index contributed by atoms with van der Waals surface area (Å²) in [6.45, 7) is 6.97. The highest BCUT2D eigenvalue weighted by Gasteiger charge is 2.22. The molecule has 0 fully saturated rings. The van der Waals surface area contributed by atoms with Gasteiger partial charge in [-0.2, -0.15) is 0 Å². The van der Waals surface area contributed by atoms with Crippen LogP contribution < -0.4 is 0 Å². The fourth-order valence-electron chi connectivity index (χ4n) is 4.26. The van der Waals surface area contributed by atoms with Crippen molar-refractivity contribution in [3.05, 3.63) is 96.2 Å². The summed E-state index contributed by atoms with van der Waals surface area (Å²) in [7, 11) is 2.07. The van der Waals surface area contributed by atoms with E-state index in [0.29, 0.717) is 13.1 Å². The van der Waals surface area contributed by atoms with Gasteiger partial charge in [0.05, 0.1) is 0 Å². The molecule has 0 saturated heterocycles. The quantitative estimate of drug-likeness (QED) is 0.305. The third-order valence-corrected chi connectivity index (χ3v) is 6.01. The minimum absolute atomic E-state index is 0.256. The first-order valence-electron chi connectivity index (χ1n) is 12.0. The largest absolute Gasteiger partial charge is 0.444 e. The fourth-order valence-corrected chi connectivity index (χ4v) is 4.26. The number of nitrogens with zero attached hydrogens (tertiary/aromatic N) is 2. The number of hydrogen-bond acceptors (Lipinski definition) is 2. The van der Waals surface area contributed by atoms with Gasteiger partial charge in [-0.15, -0.1) is 0 Å². The average Bonchev–Trinajstić information content (AvgIpc) is 3.14. The lowest BCUT2D eigenvalue weighted by Crippen LogP contribution is -2.39. The molecule has 176 valence electrons. The number of carbonyl (C=O) groups excluding carboxylic acids is 1. The van der Waals surface area contributed by atoms with Gasteiger partial charge in [0.15, 0.2) is 0 Å². The van der Waals surface area contributed by atoms with Crippen molar-refractivity contribution < 1.29 is 9.53 Å². The maximum absolute atomic E-state index is 13.0. The maximum Gasteiger partial charge on any atom is 0.410 e. The Morgan fingerprint density at radius 3 is 2.15 bits per heavy atom. The van der Waals surface area contributed by atoms with Crippen LogP contribution >= 0.6 is 0 Å². The molecule has 1 aromatic heterocycles. The fraction of sp³-hybridized carbons (Fsp3) is 0.300. The van der Waals surface area contributed by atoms with E-state index in [-0.39, 0.29) is 6.09 Å². The van der Waals surface area contributed by atoms with Gasteiger partial charge in [-0.1, -0.05) is 72.8 Å². The van der Waals surface area contributed by atoms with E-state index in [1.807, 2.05) is 31.7 Å². The molecule has 0 aliphatic heterocycles. The number of aromatic nitrogens is 1. The predicted molar refractivity (Wildman–Crippen MR) is 140 cm³/mol. The second-order valence-electron chi connectivity index (χ2n) is 9.81. The molecule has 4 rings (SSSR count). The van der Waals surface area contributed by atoms with E-state index >= 15 is 0 Å². The smallest absolute Gasteiger partial charge is 0.410 e. The van der Waals surface area contributed by atoms with Crippen LogP contribution in [0.4, 0.5) is 4.79 Å². The van der Waals surface area contributed by atoms with Crippen LogP contribution in [-0.2, 0) is 24.6 Å². The molecule has 0 atom stereocenters. The highest BCUT2D eigenvalue weighted by molar-refractivity contribution is 5.84. The van der Waals surface area contributed by atoms with E-state index < -0.39 is 5.60 Å². The molecule has 0 bridgehead atoms. The summed E-state index contributed by atoms with van der Waals surface area (Å²) in [4.78, 5) is 14.9. The van der Waals surface area contributed by atoms with E-state index in [0.717, 1.165) is 12.8 Å². The minimum atomic E-state index is -0.522. The summed E-state index contributed by atoms with van der Waals surface area (Å²) >= 11 is 0. The lowest BCUT2D eigenvalue weighted by Gasteiger charge is -2.27. The van der Waals surface area contributed by atoms with Crippen LogP contribution in [0.25, 0.3) is 22.0 Å². The third kappa shape index (κ3) is 5.88. The molecule has 0 aliphatic carbocycles. The molecular weight excluding hydrogens is 420 g/mol. The highest BCUT2D eigenvalue weighted by Crippen LogP contribution is 2.22. The Balaban J connectivity index is 1.45. The second-order valence-corrected chi connectivity index (χ2v) is 9.81. The Hall–Kier alpha value is -3.53. The number of amides is 1. The third-order valence-electron chi connectivity index (χ3n) is 6.01. The molecule has 4 aromatic rings. The van der Waals surface area contributed by atoms with Crippen molar-refractivity contribution in [2.45, 2.75) is 39.2 Å². The first kappa shape index (κ1) is 23.6. The molecule has 0 unspecified atom stereocenters. The van der Waals surface area contributed by atoms with Crippen molar-refractivity contribution >= 4 is 17.0 Å². The molecule has 4 heteroatoms. The first-order valence-corrected chi connectivity index (χ1v) is 12.0. The predicted octanol–water partition coefficient (Wildman–Crippen LogP) is 6.87. The van der Waals surface area contributed by atoms with Crippen LogP contribution in [-0.4, -0.2) is 34.3 Å². The summed E-state index contributed by atoms with van der Waals surface area (Å²) in [5.74, 6) is 0. The van der Waals surface area contributed by atoms with Crippen LogP contribution in [0.3, 0.4) is 0 Å². The van der Waals surface area contributed by atoms with Crippen molar-refractivity contribution in [2.75, 3.05) is 13.1 Å². The summed E-state index contributed by atoms with van der Waals surface area (Å²) in [6, 6.07) is 27.4. The van der Waals surface area contributed by atoms with Crippen molar-refractivity contribution in [2.24, 2.45) is 7.05 Å². The molecule has 0 aliphatic rings. The highest BCUT2D eigenvalue weighted by atomic mass is 16.6. The number of aryl methyl sites for hydroxylation is 1. The number of rotatable bonds is 7. The van der Waals surface area contributed by atoms with E-state index in [4.69, 9.17) is 4.74 Å². The summed E-state index contributed by atoms with van der Waals surface area (Å²) in [6.07, 6.45) is 3.48. The number of hydrogen-bond donors (Lipinski definition) is 0. The minimum Gasteiger partial charge on any atom is -0.444 e. The topological polar surface area (TPSA) is 34.5 Å². The van der Waals surface area contributed by atoms with E-state index in [9.17, 15) is 4.79 Å². The molecule has 1 heterocycles.